The molecule has 39 heavy (non-hydrogen) atoms. The lowest BCUT2D eigenvalue weighted by Gasteiger charge is -2.37. The number of esters is 1. The van der Waals surface area contributed by atoms with Gasteiger partial charge in [0, 0.05) is 25.0 Å². The summed E-state index contributed by atoms with van der Waals surface area (Å²) in [6, 6.07) is 7.46. The first kappa shape index (κ1) is 35.5. The van der Waals surface area contributed by atoms with E-state index in [9.17, 15) is 17.4 Å². The number of carbonyl (C=O) groups excluding carboxylic acids is 1. The Morgan fingerprint density at radius 1 is 1.08 bits per heavy atom. The van der Waals surface area contributed by atoms with E-state index in [-0.39, 0.29) is 24.7 Å². The maximum Gasteiger partial charge on any atom is 0.337 e. The van der Waals surface area contributed by atoms with Gasteiger partial charge in [-0.15, -0.1) is 0 Å². The molecule has 224 valence electrons. The van der Waals surface area contributed by atoms with Crippen LogP contribution in [0, 0.1) is 5.92 Å². The summed E-state index contributed by atoms with van der Waals surface area (Å²) in [6.45, 7) is 19.1. The molecule has 0 radical (unpaired) electrons. The second-order valence-corrected chi connectivity index (χ2v) is 20.3. The van der Waals surface area contributed by atoms with Crippen molar-refractivity contribution >= 4 is 34.3 Å². The van der Waals surface area contributed by atoms with E-state index in [0.29, 0.717) is 10.5 Å². The molecule has 0 aliphatic carbocycles. The summed E-state index contributed by atoms with van der Waals surface area (Å²) in [4.78, 5) is 13.7. The fourth-order valence-corrected chi connectivity index (χ4v) is 7.55. The number of rotatable bonds is 13. The molecule has 1 aromatic rings. The molecule has 0 amide bonds. The van der Waals surface area contributed by atoms with Gasteiger partial charge in [-0.3, -0.25) is 8.98 Å². The number of carbonyl (C=O) groups is 1. The van der Waals surface area contributed by atoms with Gasteiger partial charge in [0.15, 0.2) is 8.32 Å². The molecule has 1 N–H and O–H groups in total. The predicted octanol–water partition coefficient (Wildman–Crippen LogP) is 5.66. The van der Waals surface area contributed by atoms with Crippen molar-refractivity contribution < 1.29 is 30.8 Å². The summed E-state index contributed by atoms with van der Waals surface area (Å²) in [5.74, 6) is -1.51. The Kier molecular flexibility index (Phi) is 12.6. The van der Waals surface area contributed by atoms with E-state index in [1.54, 1.807) is 58.9 Å². The van der Waals surface area contributed by atoms with E-state index in [1.165, 1.54) is 12.5 Å². The standard InChI is InChI=1S/C27H48N2O7S2Si/c1-12-34-25(30)24(29-38(32,33)36-26(3,4)5)23(18-19-35-39(10,11)27(6,7)8)21(2)20-37(31,28-9)22-16-14-13-15-17-22/h13-17,20,23-24,29H,12,18-19H2,1-11H3/b21-20-/t23-,24+,37?/m1/s1. The van der Waals surface area contributed by atoms with Crippen molar-refractivity contribution in [3.8, 4) is 0 Å². The van der Waals surface area contributed by atoms with Crippen molar-refractivity contribution in [2.75, 3.05) is 20.3 Å². The highest BCUT2D eigenvalue weighted by atomic mass is 32.2. The number of ether oxygens (including phenoxy) is 1. The van der Waals surface area contributed by atoms with Crippen LogP contribution >= 0.6 is 0 Å². The average Bonchev–Trinajstić information content (AvgIpc) is 2.78. The molecule has 0 saturated carbocycles. The van der Waals surface area contributed by atoms with Gasteiger partial charge in [0.25, 0.3) is 0 Å². The SMILES string of the molecule is CCOC(=O)[C@@H](NS(=O)(=O)OC(C)(C)C)[C@H](CCO[Si](C)(C)C(C)(C)C)/C(C)=C\S(=O)(=NC)c1ccccc1. The minimum Gasteiger partial charge on any atom is -0.465 e. The number of benzene rings is 1. The van der Waals surface area contributed by atoms with E-state index < -0.39 is 51.9 Å². The number of nitrogens with zero attached hydrogens (tertiary/aromatic N) is 1. The maximum atomic E-state index is 13.9. The molecule has 0 aromatic heterocycles. The zero-order valence-electron chi connectivity index (χ0n) is 25.4. The fourth-order valence-electron chi connectivity index (χ4n) is 3.53. The Labute approximate surface area is 237 Å². The van der Waals surface area contributed by atoms with Crippen LogP contribution in [0.3, 0.4) is 0 Å². The van der Waals surface area contributed by atoms with Crippen LogP contribution in [0.2, 0.25) is 18.1 Å². The molecule has 0 aliphatic rings. The lowest BCUT2D eigenvalue weighted by molar-refractivity contribution is -0.146. The quantitative estimate of drug-likeness (QED) is 0.228. The van der Waals surface area contributed by atoms with Gasteiger partial charge >= 0.3 is 16.3 Å². The molecular formula is C27H48N2O7S2Si. The third-order valence-electron chi connectivity index (χ3n) is 6.55. The van der Waals surface area contributed by atoms with Crippen LogP contribution in [-0.4, -0.2) is 58.8 Å². The normalized spacial score (nSPS) is 16.7. The highest BCUT2D eigenvalue weighted by Crippen LogP contribution is 2.37. The lowest BCUT2D eigenvalue weighted by atomic mass is 9.91. The summed E-state index contributed by atoms with van der Waals surface area (Å²) in [5.41, 5.74) is -0.510. The smallest absolute Gasteiger partial charge is 0.337 e. The van der Waals surface area contributed by atoms with Crippen LogP contribution in [0.15, 0.2) is 50.6 Å². The van der Waals surface area contributed by atoms with Crippen molar-refractivity contribution in [3.05, 3.63) is 41.3 Å². The van der Waals surface area contributed by atoms with Gasteiger partial charge in [-0.1, -0.05) is 44.5 Å². The van der Waals surface area contributed by atoms with E-state index in [4.69, 9.17) is 13.3 Å². The monoisotopic (exact) mass is 604 g/mol. The van der Waals surface area contributed by atoms with Crippen molar-refractivity contribution in [2.24, 2.45) is 10.3 Å². The van der Waals surface area contributed by atoms with Crippen LogP contribution in [0.1, 0.15) is 61.8 Å². The minimum atomic E-state index is -4.36. The predicted molar refractivity (Wildman–Crippen MR) is 160 cm³/mol. The van der Waals surface area contributed by atoms with Crippen LogP contribution < -0.4 is 4.72 Å². The lowest BCUT2D eigenvalue weighted by Crippen LogP contribution is -2.49. The highest BCUT2D eigenvalue weighted by Gasteiger charge is 2.39. The summed E-state index contributed by atoms with van der Waals surface area (Å²) < 4.78 is 63.3. The van der Waals surface area contributed by atoms with Crippen LogP contribution in [-0.2, 0) is 38.2 Å². The third-order valence-corrected chi connectivity index (χ3v) is 14.5. The van der Waals surface area contributed by atoms with Crippen molar-refractivity contribution in [3.63, 3.8) is 0 Å². The molecule has 1 aromatic carbocycles. The van der Waals surface area contributed by atoms with E-state index in [0.717, 1.165) is 0 Å². The van der Waals surface area contributed by atoms with Gasteiger partial charge < -0.3 is 9.16 Å². The van der Waals surface area contributed by atoms with Crippen LogP contribution in [0.5, 0.6) is 0 Å². The van der Waals surface area contributed by atoms with Crippen molar-refractivity contribution in [2.45, 2.75) is 96.5 Å². The average molecular weight is 605 g/mol. The molecule has 0 heterocycles. The first-order valence-electron chi connectivity index (χ1n) is 13.1. The molecule has 0 bridgehead atoms. The molecular weight excluding hydrogens is 557 g/mol. The first-order chi connectivity index (χ1) is 17.7. The molecule has 0 saturated heterocycles. The zero-order valence-corrected chi connectivity index (χ0v) is 28.0. The molecule has 12 heteroatoms. The Bertz CT molecular complexity index is 1210. The maximum absolute atomic E-state index is 13.9. The van der Waals surface area contributed by atoms with Gasteiger partial charge in [0.1, 0.15) is 6.04 Å². The summed E-state index contributed by atoms with van der Waals surface area (Å²) in [5, 5.41) is 1.48. The van der Waals surface area contributed by atoms with E-state index in [2.05, 4.69) is 43.0 Å². The molecule has 1 rings (SSSR count). The van der Waals surface area contributed by atoms with Gasteiger partial charge in [-0.05, 0) is 71.3 Å². The van der Waals surface area contributed by atoms with Gasteiger partial charge in [0.2, 0.25) is 0 Å². The summed E-state index contributed by atoms with van der Waals surface area (Å²) in [6.07, 6.45) is 0.268. The van der Waals surface area contributed by atoms with Gasteiger partial charge in [0.05, 0.1) is 26.8 Å². The van der Waals surface area contributed by atoms with Crippen LogP contribution in [0.25, 0.3) is 0 Å². The summed E-state index contributed by atoms with van der Waals surface area (Å²) in [7, 11) is -8.04. The van der Waals surface area contributed by atoms with E-state index in [1.807, 2.05) is 6.07 Å². The zero-order chi connectivity index (χ0) is 30.3. The second kappa shape index (κ2) is 13.9. The van der Waals surface area contributed by atoms with Crippen molar-refractivity contribution in [1.82, 2.24) is 4.72 Å². The molecule has 1 unspecified atom stereocenters. The Morgan fingerprint density at radius 3 is 2.10 bits per heavy atom. The topological polar surface area (TPSA) is 120 Å². The molecule has 0 fully saturated rings. The Balaban J connectivity index is 3.63. The summed E-state index contributed by atoms with van der Waals surface area (Å²) >= 11 is 0. The number of hydrogen-bond acceptors (Lipinski definition) is 8. The van der Waals surface area contributed by atoms with Gasteiger partial charge in [-0.25, -0.2) is 8.57 Å². The van der Waals surface area contributed by atoms with E-state index >= 15 is 0 Å². The number of hydrogen-bond donors (Lipinski definition) is 1. The first-order valence-corrected chi connectivity index (χ1v) is 19.0. The minimum absolute atomic E-state index is 0.0429. The highest BCUT2D eigenvalue weighted by molar-refractivity contribution is 7.96. The molecule has 0 aliphatic heterocycles. The molecule has 3 atom stereocenters. The third kappa shape index (κ3) is 11.1. The van der Waals surface area contributed by atoms with Crippen molar-refractivity contribution in [1.29, 1.82) is 0 Å². The Hall–Kier alpha value is -1.57. The Morgan fingerprint density at radius 2 is 1.64 bits per heavy atom. The fraction of sp³-hybridized carbons (Fsp3) is 0.667. The van der Waals surface area contributed by atoms with Crippen LogP contribution in [0.4, 0.5) is 0 Å². The number of nitrogens with one attached hydrogen (secondary N) is 1. The molecule has 0 spiro atoms. The largest absolute Gasteiger partial charge is 0.465 e. The van der Waals surface area contributed by atoms with Gasteiger partial charge in [-0.2, -0.15) is 13.1 Å². The molecule has 9 nitrogen and oxygen atoms in total. The second-order valence-electron chi connectivity index (χ2n) is 11.9.